The maximum absolute atomic E-state index is 4.73. The van der Waals surface area contributed by atoms with Crippen molar-refractivity contribution in [2.24, 2.45) is 0 Å². The Morgan fingerprint density at radius 2 is 1.73 bits per heavy atom. The van der Waals surface area contributed by atoms with E-state index < -0.39 is 0 Å². The minimum Gasteiger partial charge on any atom is -0.316 e. The van der Waals surface area contributed by atoms with Crippen LogP contribution in [-0.2, 0) is 12.8 Å². The van der Waals surface area contributed by atoms with Gasteiger partial charge in [-0.25, -0.2) is 4.68 Å². The van der Waals surface area contributed by atoms with E-state index in [4.69, 9.17) is 5.10 Å². The number of rotatable bonds is 5. The molecule has 0 bridgehead atoms. The minimum atomic E-state index is 0.917. The van der Waals surface area contributed by atoms with Crippen LogP contribution >= 0.6 is 0 Å². The number of allylic oxidation sites excluding steroid dienone is 1. The van der Waals surface area contributed by atoms with Gasteiger partial charge in [-0.15, -0.1) is 0 Å². The highest BCUT2D eigenvalue weighted by molar-refractivity contribution is 5.72. The molecule has 1 aliphatic carbocycles. The predicted octanol–water partition coefficient (Wildman–Crippen LogP) is 4.42. The van der Waals surface area contributed by atoms with Crippen LogP contribution in [0, 0.1) is 0 Å². The van der Waals surface area contributed by atoms with Crippen LogP contribution in [0.25, 0.3) is 11.3 Å². The van der Waals surface area contributed by atoms with Crippen molar-refractivity contribution >= 4 is 5.57 Å². The summed E-state index contributed by atoms with van der Waals surface area (Å²) in [5.41, 5.74) is 8.15. The highest BCUT2D eigenvalue weighted by atomic mass is 15.3. The van der Waals surface area contributed by atoms with Crippen molar-refractivity contribution < 1.29 is 0 Å². The second-order valence-corrected chi connectivity index (χ2v) is 6.88. The van der Waals surface area contributed by atoms with E-state index in [2.05, 4.69) is 76.9 Å². The molecule has 0 saturated heterocycles. The standard InChI is InChI=1S/C23H25N3/c1-24-16-19(15-18-9-4-2-5-10-18)21-13-8-14-23-22(21)17-25-26(23)20-11-6-3-7-12-20/h2-7,9-12,17,24H,8,13-16H2,1H3. The molecule has 1 aromatic heterocycles. The van der Waals surface area contributed by atoms with E-state index in [1.807, 2.05) is 7.05 Å². The second-order valence-electron chi connectivity index (χ2n) is 6.88. The molecular formula is C23H25N3. The largest absolute Gasteiger partial charge is 0.316 e. The van der Waals surface area contributed by atoms with Gasteiger partial charge in [-0.05, 0) is 61.6 Å². The summed E-state index contributed by atoms with van der Waals surface area (Å²) in [5, 5.41) is 8.10. The lowest BCUT2D eigenvalue weighted by Gasteiger charge is -2.21. The van der Waals surface area contributed by atoms with E-state index in [1.165, 1.54) is 34.4 Å². The second kappa shape index (κ2) is 7.71. The molecular weight excluding hydrogens is 318 g/mol. The number of hydrogen-bond acceptors (Lipinski definition) is 2. The van der Waals surface area contributed by atoms with Gasteiger partial charge in [0.05, 0.1) is 17.6 Å². The van der Waals surface area contributed by atoms with Crippen LogP contribution in [0.2, 0.25) is 0 Å². The normalized spacial score (nSPS) is 15.6. The van der Waals surface area contributed by atoms with Crippen molar-refractivity contribution in [1.29, 1.82) is 0 Å². The first kappa shape index (κ1) is 16.8. The van der Waals surface area contributed by atoms with E-state index in [9.17, 15) is 0 Å². The molecule has 3 aromatic rings. The Kier molecular flexibility index (Phi) is 4.98. The van der Waals surface area contributed by atoms with Gasteiger partial charge in [0.2, 0.25) is 0 Å². The molecule has 0 atom stereocenters. The molecule has 0 radical (unpaired) electrons. The fourth-order valence-corrected chi connectivity index (χ4v) is 3.92. The van der Waals surface area contributed by atoms with E-state index >= 15 is 0 Å². The molecule has 0 unspecified atom stereocenters. The molecule has 0 fully saturated rings. The van der Waals surface area contributed by atoms with Gasteiger partial charge >= 0.3 is 0 Å². The van der Waals surface area contributed by atoms with Gasteiger partial charge in [0.25, 0.3) is 0 Å². The van der Waals surface area contributed by atoms with Gasteiger partial charge in [-0.2, -0.15) is 5.10 Å². The number of nitrogens with zero attached hydrogens (tertiary/aromatic N) is 2. The van der Waals surface area contributed by atoms with Gasteiger partial charge in [0.15, 0.2) is 0 Å². The Bertz CT molecular complexity index is 892. The zero-order chi connectivity index (χ0) is 17.8. The van der Waals surface area contributed by atoms with E-state index in [0.717, 1.165) is 31.5 Å². The predicted molar refractivity (Wildman–Crippen MR) is 107 cm³/mol. The monoisotopic (exact) mass is 343 g/mol. The molecule has 3 nitrogen and oxygen atoms in total. The Morgan fingerprint density at radius 3 is 2.46 bits per heavy atom. The minimum absolute atomic E-state index is 0.917. The third kappa shape index (κ3) is 3.35. The van der Waals surface area contributed by atoms with Crippen LogP contribution in [0.5, 0.6) is 0 Å². The van der Waals surface area contributed by atoms with Crippen LogP contribution in [-0.4, -0.2) is 23.4 Å². The fourth-order valence-electron chi connectivity index (χ4n) is 3.92. The lowest BCUT2D eigenvalue weighted by atomic mass is 9.86. The fraction of sp³-hybridized carbons (Fsp3) is 0.261. The molecule has 26 heavy (non-hydrogen) atoms. The summed E-state index contributed by atoms with van der Waals surface area (Å²) >= 11 is 0. The Hall–Kier alpha value is -2.65. The van der Waals surface area contributed by atoms with Crippen molar-refractivity contribution in [3.8, 4) is 5.69 Å². The number of likely N-dealkylation sites (N-methyl/N-ethyl adjacent to an activating group) is 1. The van der Waals surface area contributed by atoms with Gasteiger partial charge < -0.3 is 5.32 Å². The Balaban J connectivity index is 1.76. The summed E-state index contributed by atoms with van der Waals surface area (Å²) < 4.78 is 2.12. The average molecular weight is 343 g/mol. The van der Waals surface area contributed by atoms with Crippen LogP contribution in [0.3, 0.4) is 0 Å². The maximum atomic E-state index is 4.73. The van der Waals surface area contributed by atoms with E-state index in [0.29, 0.717) is 0 Å². The lowest BCUT2D eigenvalue weighted by molar-refractivity contribution is 0.731. The quantitative estimate of drug-likeness (QED) is 0.743. The Morgan fingerprint density at radius 1 is 1.00 bits per heavy atom. The van der Waals surface area contributed by atoms with Crippen molar-refractivity contribution in [3.63, 3.8) is 0 Å². The van der Waals surface area contributed by atoms with Crippen molar-refractivity contribution in [2.45, 2.75) is 25.7 Å². The average Bonchev–Trinajstić information content (AvgIpc) is 3.13. The topological polar surface area (TPSA) is 29.9 Å². The first-order valence-corrected chi connectivity index (χ1v) is 9.39. The van der Waals surface area contributed by atoms with Crippen LogP contribution in [0.15, 0.2) is 72.4 Å². The molecule has 0 amide bonds. The molecule has 132 valence electrons. The van der Waals surface area contributed by atoms with Crippen LogP contribution in [0.4, 0.5) is 0 Å². The molecule has 3 heteroatoms. The SMILES string of the molecule is CNCC(Cc1ccccc1)=C1CCCc2c1cnn2-c1ccccc1. The summed E-state index contributed by atoms with van der Waals surface area (Å²) in [7, 11) is 2.03. The first-order valence-electron chi connectivity index (χ1n) is 9.39. The summed E-state index contributed by atoms with van der Waals surface area (Å²) in [6.07, 6.45) is 6.47. The molecule has 1 aliphatic rings. The van der Waals surface area contributed by atoms with Gasteiger partial charge in [0, 0.05) is 12.1 Å². The van der Waals surface area contributed by atoms with E-state index in [1.54, 1.807) is 0 Å². The highest BCUT2D eigenvalue weighted by Crippen LogP contribution is 2.35. The number of fused-ring (bicyclic) bond motifs is 1. The number of aromatic nitrogens is 2. The molecule has 4 rings (SSSR count). The van der Waals surface area contributed by atoms with Crippen LogP contribution < -0.4 is 5.32 Å². The van der Waals surface area contributed by atoms with E-state index in [-0.39, 0.29) is 0 Å². The molecule has 1 heterocycles. The number of nitrogens with one attached hydrogen (secondary N) is 1. The molecule has 0 saturated carbocycles. The van der Waals surface area contributed by atoms with Gasteiger partial charge in [0.1, 0.15) is 0 Å². The Labute approximate surface area is 155 Å². The zero-order valence-electron chi connectivity index (χ0n) is 15.3. The molecule has 1 N–H and O–H groups in total. The summed E-state index contributed by atoms with van der Waals surface area (Å²) in [6.45, 7) is 0.917. The lowest BCUT2D eigenvalue weighted by Crippen LogP contribution is -2.16. The van der Waals surface area contributed by atoms with Crippen molar-refractivity contribution in [1.82, 2.24) is 15.1 Å². The zero-order valence-corrected chi connectivity index (χ0v) is 15.3. The maximum Gasteiger partial charge on any atom is 0.0649 e. The third-order valence-electron chi connectivity index (χ3n) is 5.11. The van der Waals surface area contributed by atoms with Gasteiger partial charge in [-0.3, -0.25) is 0 Å². The molecule has 0 aliphatic heterocycles. The smallest absolute Gasteiger partial charge is 0.0649 e. The van der Waals surface area contributed by atoms with Crippen molar-refractivity contribution in [3.05, 3.63) is 89.3 Å². The summed E-state index contributed by atoms with van der Waals surface area (Å²) in [4.78, 5) is 0. The summed E-state index contributed by atoms with van der Waals surface area (Å²) in [5.74, 6) is 0. The van der Waals surface area contributed by atoms with Crippen LogP contribution in [0.1, 0.15) is 29.7 Å². The molecule has 0 spiro atoms. The van der Waals surface area contributed by atoms with Crippen molar-refractivity contribution in [2.75, 3.05) is 13.6 Å². The van der Waals surface area contributed by atoms with Gasteiger partial charge in [-0.1, -0.05) is 48.5 Å². The third-order valence-corrected chi connectivity index (χ3v) is 5.11. The number of hydrogen-bond donors (Lipinski definition) is 1. The highest BCUT2D eigenvalue weighted by Gasteiger charge is 2.22. The summed E-state index contributed by atoms with van der Waals surface area (Å²) in [6, 6.07) is 21.2. The number of para-hydroxylation sites is 1. The number of benzene rings is 2. The molecule has 2 aromatic carbocycles. The first-order chi connectivity index (χ1) is 12.9.